The van der Waals surface area contributed by atoms with Crippen molar-refractivity contribution in [3.05, 3.63) is 23.2 Å². The zero-order valence-electron chi connectivity index (χ0n) is 7.30. The smallest absolute Gasteiger partial charge is 0.0763 e. The first-order chi connectivity index (χ1) is 6.29. The van der Waals surface area contributed by atoms with Crippen LogP contribution in [-0.2, 0) is 0 Å². The molecule has 0 heterocycles. The quantitative estimate of drug-likeness (QED) is 0.609. The molecule has 0 unspecified atom stereocenters. The molecule has 1 nitrogen and oxygen atoms in total. The molecule has 1 aromatic rings. The van der Waals surface area contributed by atoms with E-state index in [1.165, 1.54) is 0 Å². The molecule has 0 radical (unpaired) electrons. The summed E-state index contributed by atoms with van der Waals surface area (Å²) in [6.45, 7) is 0.522. The number of hydrogen-bond donors (Lipinski definition) is 1. The SMILES string of the molecule is C#CCNc1cccc(Cl)c1SC. The van der Waals surface area contributed by atoms with Crippen LogP contribution >= 0.6 is 23.4 Å². The van der Waals surface area contributed by atoms with Gasteiger partial charge in [-0.05, 0) is 18.4 Å². The van der Waals surface area contributed by atoms with Crippen molar-refractivity contribution >= 4 is 29.1 Å². The van der Waals surface area contributed by atoms with Crippen LogP contribution < -0.4 is 5.32 Å². The van der Waals surface area contributed by atoms with Crippen molar-refractivity contribution < 1.29 is 0 Å². The van der Waals surface area contributed by atoms with Crippen LogP contribution in [0, 0.1) is 12.3 Å². The lowest BCUT2D eigenvalue weighted by Gasteiger charge is -2.09. The number of terminal acetylenes is 1. The number of rotatable bonds is 3. The van der Waals surface area contributed by atoms with Crippen molar-refractivity contribution in [2.24, 2.45) is 0 Å². The van der Waals surface area contributed by atoms with Gasteiger partial charge in [0, 0.05) is 4.90 Å². The Kier molecular flexibility index (Phi) is 4.01. The number of anilines is 1. The van der Waals surface area contributed by atoms with Gasteiger partial charge in [-0.1, -0.05) is 23.6 Å². The Labute approximate surface area is 87.9 Å². The molecule has 0 saturated carbocycles. The molecule has 3 heteroatoms. The van der Waals surface area contributed by atoms with Gasteiger partial charge in [-0.25, -0.2) is 0 Å². The minimum atomic E-state index is 0.522. The number of halogens is 1. The van der Waals surface area contributed by atoms with E-state index >= 15 is 0 Å². The predicted molar refractivity (Wildman–Crippen MR) is 60.6 cm³/mol. The van der Waals surface area contributed by atoms with E-state index in [0.29, 0.717) is 6.54 Å². The first kappa shape index (κ1) is 10.3. The molecule has 0 spiro atoms. The Hall–Kier alpha value is -0.780. The summed E-state index contributed by atoms with van der Waals surface area (Å²) in [5.41, 5.74) is 0.998. The molecule has 1 aromatic carbocycles. The molecule has 0 aromatic heterocycles. The van der Waals surface area contributed by atoms with Crippen molar-refractivity contribution in [2.75, 3.05) is 18.1 Å². The normalized spacial score (nSPS) is 9.31. The van der Waals surface area contributed by atoms with Crippen molar-refractivity contribution in [3.63, 3.8) is 0 Å². The van der Waals surface area contributed by atoms with Crippen LogP contribution in [0.2, 0.25) is 5.02 Å². The van der Waals surface area contributed by atoms with Crippen molar-refractivity contribution in [1.82, 2.24) is 0 Å². The number of nitrogens with one attached hydrogen (secondary N) is 1. The van der Waals surface area contributed by atoms with Gasteiger partial charge in [-0.3, -0.25) is 0 Å². The first-order valence-electron chi connectivity index (χ1n) is 3.79. The second kappa shape index (κ2) is 5.06. The molecule has 0 aliphatic rings. The van der Waals surface area contributed by atoms with Gasteiger partial charge >= 0.3 is 0 Å². The van der Waals surface area contributed by atoms with Crippen LogP contribution in [0.1, 0.15) is 0 Å². The molecule has 0 fully saturated rings. The van der Waals surface area contributed by atoms with Gasteiger partial charge in [-0.2, -0.15) is 0 Å². The average molecular weight is 212 g/mol. The molecule has 1 rings (SSSR count). The van der Waals surface area contributed by atoms with Gasteiger partial charge < -0.3 is 5.32 Å². The van der Waals surface area contributed by atoms with Crippen LogP contribution in [-0.4, -0.2) is 12.8 Å². The molecule has 0 aliphatic carbocycles. The van der Waals surface area contributed by atoms with E-state index in [9.17, 15) is 0 Å². The van der Waals surface area contributed by atoms with Gasteiger partial charge in [0.25, 0.3) is 0 Å². The molecular weight excluding hydrogens is 202 g/mol. The monoisotopic (exact) mass is 211 g/mol. The third kappa shape index (κ3) is 2.58. The van der Waals surface area contributed by atoms with Gasteiger partial charge in [-0.15, -0.1) is 18.2 Å². The van der Waals surface area contributed by atoms with Crippen molar-refractivity contribution in [3.8, 4) is 12.3 Å². The van der Waals surface area contributed by atoms with E-state index in [4.69, 9.17) is 18.0 Å². The minimum Gasteiger partial charge on any atom is -0.373 e. The molecular formula is C10H10ClNS. The van der Waals surface area contributed by atoms with E-state index in [0.717, 1.165) is 15.6 Å². The fraction of sp³-hybridized carbons (Fsp3) is 0.200. The standard InChI is InChI=1S/C10H10ClNS/c1-3-7-12-9-6-4-5-8(11)10(9)13-2/h1,4-6,12H,7H2,2H3. The van der Waals surface area contributed by atoms with Gasteiger partial charge in [0.2, 0.25) is 0 Å². The lowest BCUT2D eigenvalue weighted by Crippen LogP contribution is -1.99. The van der Waals surface area contributed by atoms with Crippen LogP contribution in [0.4, 0.5) is 5.69 Å². The third-order valence-corrected chi connectivity index (χ3v) is 2.83. The maximum Gasteiger partial charge on any atom is 0.0763 e. The van der Waals surface area contributed by atoms with Gasteiger partial charge in [0.05, 0.1) is 17.3 Å². The molecule has 0 bridgehead atoms. The van der Waals surface area contributed by atoms with Crippen molar-refractivity contribution in [2.45, 2.75) is 4.90 Å². The molecule has 0 atom stereocenters. The number of benzene rings is 1. The summed E-state index contributed by atoms with van der Waals surface area (Å²) >= 11 is 7.61. The van der Waals surface area contributed by atoms with Crippen LogP contribution in [0.3, 0.4) is 0 Å². The highest BCUT2D eigenvalue weighted by Crippen LogP contribution is 2.32. The zero-order valence-corrected chi connectivity index (χ0v) is 8.88. The van der Waals surface area contributed by atoms with E-state index < -0.39 is 0 Å². The lowest BCUT2D eigenvalue weighted by molar-refractivity contribution is 1.31. The minimum absolute atomic E-state index is 0.522. The van der Waals surface area contributed by atoms with Crippen molar-refractivity contribution in [1.29, 1.82) is 0 Å². The van der Waals surface area contributed by atoms with Crippen LogP contribution in [0.25, 0.3) is 0 Å². The fourth-order valence-electron chi connectivity index (χ4n) is 1.00. The van der Waals surface area contributed by atoms with Crippen LogP contribution in [0.15, 0.2) is 23.1 Å². The molecule has 0 aliphatic heterocycles. The highest BCUT2D eigenvalue weighted by Gasteiger charge is 2.03. The Balaban J connectivity index is 2.93. The summed E-state index contributed by atoms with van der Waals surface area (Å²) in [6.07, 6.45) is 7.14. The Morgan fingerprint density at radius 3 is 3.00 bits per heavy atom. The highest BCUT2D eigenvalue weighted by atomic mass is 35.5. The van der Waals surface area contributed by atoms with E-state index in [2.05, 4.69) is 11.2 Å². The second-order valence-corrected chi connectivity index (χ2v) is 3.60. The predicted octanol–water partition coefficient (Wildman–Crippen LogP) is 3.11. The number of thioether (sulfide) groups is 1. The zero-order chi connectivity index (χ0) is 9.68. The Morgan fingerprint density at radius 1 is 1.62 bits per heavy atom. The van der Waals surface area contributed by atoms with E-state index in [1.54, 1.807) is 11.8 Å². The number of hydrogen-bond acceptors (Lipinski definition) is 2. The average Bonchev–Trinajstić information content (AvgIpc) is 2.15. The molecule has 0 saturated heterocycles. The molecule has 13 heavy (non-hydrogen) atoms. The molecule has 1 N–H and O–H groups in total. The third-order valence-electron chi connectivity index (χ3n) is 1.55. The highest BCUT2D eigenvalue weighted by molar-refractivity contribution is 7.98. The Bertz CT molecular complexity index is 330. The molecule has 0 amide bonds. The molecule has 68 valence electrons. The van der Waals surface area contributed by atoms with Gasteiger partial charge in [0.15, 0.2) is 0 Å². The van der Waals surface area contributed by atoms with Crippen LogP contribution in [0.5, 0.6) is 0 Å². The topological polar surface area (TPSA) is 12.0 Å². The summed E-state index contributed by atoms with van der Waals surface area (Å²) in [4.78, 5) is 1.04. The summed E-state index contributed by atoms with van der Waals surface area (Å²) in [6, 6.07) is 5.74. The summed E-state index contributed by atoms with van der Waals surface area (Å²) < 4.78 is 0. The summed E-state index contributed by atoms with van der Waals surface area (Å²) in [7, 11) is 0. The largest absolute Gasteiger partial charge is 0.373 e. The Morgan fingerprint density at radius 2 is 2.38 bits per heavy atom. The first-order valence-corrected chi connectivity index (χ1v) is 5.39. The van der Waals surface area contributed by atoms with E-state index in [1.807, 2.05) is 24.5 Å². The summed E-state index contributed by atoms with van der Waals surface area (Å²) in [5.74, 6) is 2.52. The maximum atomic E-state index is 6.00. The lowest BCUT2D eigenvalue weighted by atomic mass is 10.3. The second-order valence-electron chi connectivity index (χ2n) is 2.38. The van der Waals surface area contributed by atoms with E-state index in [-0.39, 0.29) is 0 Å². The maximum absolute atomic E-state index is 6.00. The van der Waals surface area contributed by atoms with Gasteiger partial charge in [0.1, 0.15) is 0 Å². The summed E-state index contributed by atoms with van der Waals surface area (Å²) in [5, 5.41) is 3.87. The fourth-order valence-corrected chi connectivity index (χ4v) is 2.03.